The van der Waals surface area contributed by atoms with Crippen LogP contribution in [0.25, 0.3) is 0 Å². The molecule has 0 spiro atoms. The minimum absolute atomic E-state index is 0.242. The molecule has 2 fully saturated rings. The molecule has 18 heavy (non-hydrogen) atoms. The average molecular weight is 245 g/mol. The summed E-state index contributed by atoms with van der Waals surface area (Å²) in [5.74, 6) is 0.349. The molecule has 1 N–H and O–H groups in total. The molecule has 0 aromatic heterocycles. The van der Waals surface area contributed by atoms with Gasteiger partial charge in [0.25, 0.3) is 0 Å². The summed E-state index contributed by atoms with van der Waals surface area (Å²) >= 11 is 0. The number of fused-ring (bicyclic) bond motifs is 2. The first-order chi connectivity index (χ1) is 8.76. The van der Waals surface area contributed by atoms with E-state index in [4.69, 9.17) is 4.74 Å². The second-order valence-corrected chi connectivity index (χ2v) is 5.42. The lowest BCUT2D eigenvalue weighted by atomic mass is 9.85. The summed E-state index contributed by atoms with van der Waals surface area (Å²) in [5.41, 5.74) is 1.96. The molecule has 2 aliphatic rings. The lowest BCUT2D eigenvalue weighted by Gasteiger charge is -2.29. The van der Waals surface area contributed by atoms with Crippen molar-refractivity contribution in [2.24, 2.45) is 0 Å². The zero-order valence-electron chi connectivity index (χ0n) is 10.7. The fourth-order valence-corrected chi connectivity index (χ4v) is 3.37. The number of hydrogen-bond donors (Lipinski definition) is 1. The Balaban J connectivity index is 1.81. The monoisotopic (exact) mass is 245 g/mol. The predicted octanol–water partition coefficient (Wildman–Crippen LogP) is 2.47. The largest absolute Gasteiger partial charge is 0.465 e. The Kier molecular flexibility index (Phi) is 3.08. The number of nitrogens with one attached hydrogen (secondary N) is 1. The van der Waals surface area contributed by atoms with Crippen LogP contribution in [0.15, 0.2) is 24.3 Å². The number of methoxy groups -OCH3 is 1. The molecule has 2 saturated heterocycles. The van der Waals surface area contributed by atoms with E-state index in [-0.39, 0.29) is 5.97 Å². The van der Waals surface area contributed by atoms with E-state index in [0.29, 0.717) is 23.6 Å². The number of benzene rings is 1. The number of ether oxygens (including phenoxy) is 1. The molecular weight excluding hydrogens is 226 g/mol. The van der Waals surface area contributed by atoms with Gasteiger partial charge in [0.1, 0.15) is 0 Å². The Morgan fingerprint density at radius 1 is 1.28 bits per heavy atom. The highest BCUT2D eigenvalue weighted by molar-refractivity contribution is 5.89. The van der Waals surface area contributed by atoms with E-state index >= 15 is 0 Å². The third-order valence-electron chi connectivity index (χ3n) is 4.25. The van der Waals surface area contributed by atoms with Gasteiger partial charge in [-0.1, -0.05) is 12.1 Å². The number of hydrogen-bond acceptors (Lipinski definition) is 3. The molecule has 0 unspecified atom stereocenters. The van der Waals surface area contributed by atoms with Crippen molar-refractivity contribution < 1.29 is 9.53 Å². The van der Waals surface area contributed by atoms with Gasteiger partial charge in [-0.05, 0) is 49.3 Å². The van der Waals surface area contributed by atoms with Crippen molar-refractivity contribution in [2.45, 2.75) is 43.7 Å². The molecule has 96 valence electrons. The van der Waals surface area contributed by atoms with Crippen LogP contribution in [-0.2, 0) is 4.74 Å². The van der Waals surface area contributed by atoms with Gasteiger partial charge in [-0.3, -0.25) is 0 Å². The van der Waals surface area contributed by atoms with Crippen LogP contribution in [0.1, 0.15) is 47.5 Å². The summed E-state index contributed by atoms with van der Waals surface area (Å²) in [4.78, 5) is 11.6. The van der Waals surface area contributed by atoms with Crippen LogP contribution < -0.4 is 5.32 Å². The van der Waals surface area contributed by atoms with Crippen molar-refractivity contribution in [3.63, 3.8) is 0 Å². The van der Waals surface area contributed by atoms with Gasteiger partial charge in [0, 0.05) is 12.1 Å². The van der Waals surface area contributed by atoms with Crippen molar-refractivity contribution in [3.05, 3.63) is 35.4 Å². The summed E-state index contributed by atoms with van der Waals surface area (Å²) in [7, 11) is 1.43. The SMILES string of the molecule is COC(=O)c1cccc([C@H]2C[C@H]3CC[C@@H](C2)N3)c1. The molecule has 0 radical (unpaired) electrons. The van der Waals surface area contributed by atoms with Gasteiger partial charge in [-0.25, -0.2) is 4.79 Å². The normalized spacial score (nSPS) is 30.2. The first-order valence-corrected chi connectivity index (χ1v) is 6.70. The van der Waals surface area contributed by atoms with Crippen LogP contribution in [-0.4, -0.2) is 25.2 Å². The summed E-state index contributed by atoms with van der Waals surface area (Å²) in [5, 5.41) is 3.65. The molecule has 3 nitrogen and oxygen atoms in total. The maximum atomic E-state index is 11.6. The molecule has 1 aromatic carbocycles. The molecule has 3 heteroatoms. The molecule has 2 aliphatic heterocycles. The smallest absolute Gasteiger partial charge is 0.337 e. The molecule has 0 amide bonds. The highest BCUT2D eigenvalue weighted by atomic mass is 16.5. The molecule has 2 heterocycles. The highest BCUT2D eigenvalue weighted by Crippen LogP contribution is 2.37. The van der Waals surface area contributed by atoms with Gasteiger partial charge in [0.15, 0.2) is 0 Å². The Bertz CT molecular complexity index is 446. The Labute approximate surface area is 108 Å². The van der Waals surface area contributed by atoms with Gasteiger partial charge >= 0.3 is 5.97 Å². The van der Waals surface area contributed by atoms with Crippen LogP contribution in [0.4, 0.5) is 0 Å². The van der Waals surface area contributed by atoms with E-state index in [2.05, 4.69) is 11.4 Å². The zero-order valence-corrected chi connectivity index (χ0v) is 10.7. The van der Waals surface area contributed by atoms with Crippen molar-refractivity contribution in [1.82, 2.24) is 5.32 Å². The fourth-order valence-electron chi connectivity index (χ4n) is 3.37. The summed E-state index contributed by atoms with van der Waals surface area (Å²) in [6.07, 6.45) is 5.00. The van der Waals surface area contributed by atoms with Gasteiger partial charge in [-0.2, -0.15) is 0 Å². The Morgan fingerprint density at radius 2 is 2.00 bits per heavy atom. The van der Waals surface area contributed by atoms with Crippen molar-refractivity contribution in [3.8, 4) is 0 Å². The summed E-state index contributed by atoms with van der Waals surface area (Å²) < 4.78 is 4.78. The zero-order chi connectivity index (χ0) is 12.5. The van der Waals surface area contributed by atoms with Crippen molar-refractivity contribution >= 4 is 5.97 Å². The lowest BCUT2D eigenvalue weighted by Crippen LogP contribution is -2.37. The molecule has 0 aliphatic carbocycles. The van der Waals surface area contributed by atoms with E-state index in [9.17, 15) is 4.79 Å². The summed E-state index contributed by atoms with van der Waals surface area (Å²) in [6, 6.07) is 9.28. The topological polar surface area (TPSA) is 38.3 Å². The van der Waals surface area contributed by atoms with Gasteiger partial charge < -0.3 is 10.1 Å². The fraction of sp³-hybridized carbons (Fsp3) is 0.533. The van der Waals surface area contributed by atoms with E-state index < -0.39 is 0 Å². The van der Waals surface area contributed by atoms with Crippen LogP contribution >= 0.6 is 0 Å². The molecule has 3 atom stereocenters. The van der Waals surface area contributed by atoms with E-state index in [1.54, 1.807) is 0 Å². The number of carbonyl (C=O) groups excluding carboxylic acids is 1. The maximum Gasteiger partial charge on any atom is 0.337 e. The van der Waals surface area contributed by atoms with Crippen molar-refractivity contribution in [1.29, 1.82) is 0 Å². The minimum atomic E-state index is -0.242. The maximum absolute atomic E-state index is 11.6. The quantitative estimate of drug-likeness (QED) is 0.813. The third-order valence-corrected chi connectivity index (χ3v) is 4.25. The predicted molar refractivity (Wildman–Crippen MR) is 69.7 cm³/mol. The molecule has 0 saturated carbocycles. The van der Waals surface area contributed by atoms with Crippen molar-refractivity contribution in [2.75, 3.05) is 7.11 Å². The summed E-state index contributed by atoms with van der Waals surface area (Å²) in [6.45, 7) is 0. The Morgan fingerprint density at radius 3 is 2.67 bits per heavy atom. The van der Waals surface area contributed by atoms with Crippen LogP contribution in [0.2, 0.25) is 0 Å². The first-order valence-electron chi connectivity index (χ1n) is 6.70. The van der Waals surface area contributed by atoms with E-state index in [0.717, 1.165) is 0 Å². The lowest BCUT2D eigenvalue weighted by molar-refractivity contribution is 0.0600. The second-order valence-electron chi connectivity index (χ2n) is 5.42. The number of carbonyl (C=O) groups is 1. The van der Waals surface area contributed by atoms with Crippen LogP contribution in [0.3, 0.4) is 0 Å². The van der Waals surface area contributed by atoms with Gasteiger partial charge in [-0.15, -0.1) is 0 Å². The van der Waals surface area contributed by atoms with Crippen LogP contribution in [0.5, 0.6) is 0 Å². The molecule has 1 aromatic rings. The minimum Gasteiger partial charge on any atom is -0.465 e. The molecular formula is C15H19NO2. The first kappa shape index (κ1) is 11.7. The number of piperidine rings is 1. The number of esters is 1. The van der Waals surface area contributed by atoms with Gasteiger partial charge in [0.2, 0.25) is 0 Å². The van der Waals surface area contributed by atoms with E-state index in [1.807, 2.05) is 18.2 Å². The number of rotatable bonds is 2. The average Bonchev–Trinajstić information content (AvgIpc) is 2.76. The second kappa shape index (κ2) is 4.73. The standard InChI is InChI=1S/C15H19NO2/c1-18-15(17)11-4-2-3-10(7-11)12-8-13-5-6-14(9-12)16-13/h2-4,7,12-14,16H,5-6,8-9H2,1H3/t12-,13+,14-. The third kappa shape index (κ3) is 2.15. The van der Waals surface area contributed by atoms with E-state index in [1.165, 1.54) is 38.4 Å². The van der Waals surface area contributed by atoms with Gasteiger partial charge in [0.05, 0.1) is 12.7 Å². The Hall–Kier alpha value is -1.35. The molecule has 2 bridgehead atoms. The van der Waals surface area contributed by atoms with Crippen LogP contribution in [0, 0.1) is 0 Å². The molecule has 3 rings (SSSR count). The highest BCUT2D eigenvalue weighted by Gasteiger charge is 2.34.